The molecule has 96 valence electrons. The van der Waals surface area contributed by atoms with E-state index in [4.69, 9.17) is 5.11 Å². The minimum absolute atomic E-state index is 0.205. The number of nitrogens with one attached hydrogen (secondary N) is 2. The molecule has 3 aliphatic rings. The van der Waals surface area contributed by atoms with Crippen LogP contribution in [0.5, 0.6) is 0 Å². The molecule has 4 rings (SSSR count). The van der Waals surface area contributed by atoms with E-state index >= 15 is 0 Å². The lowest BCUT2D eigenvalue weighted by molar-refractivity contribution is -0.217. The van der Waals surface area contributed by atoms with Gasteiger partial charge in [-0.1, -0.05) is 0 Å². The van der Waals surface area contributed by atoms with Gasteiger partial charge in [0.2, 0.25) is 5.91 Å². The number of hydrogen-bond donors (Lipinski definition) is 3. The number of aliphatic carboxylic acids is 1. The zero-order chi connectivity index (χ0) is 13.1. The summed E-state index contributed by atoms with van der Waals surface area (Å²) in [5.41, 5.74) is -1.40. The summed E-state index contributed by atoms with van der Waals surface area (Å²) < 4.78 is 1.46. The molecule has 0 aliphatic heterocycles. The number of H-pyrrole nitrogens is 1. The fourth-order valence-electron chi connectivity index (χ4n) is 3.10. The van der Waals surface area contributed by atoms with Crippen LogP contribution in [-0.2, 0) is 16.6 Å². The van der Waals surface area contributed by atoms with Crippen LogP contribution in [-0.4, -0.2) is 26.8 Å². The van der Waals surface area contributed by atoms with Crippen LogP contribution < -0.4 is 10.9 Å². The zero-order valence-corrected chi connectivity index (χ0v) is 9.82. The van der Waals surface area contributed by atoms with Crippen molar-refractivity contribution in [2.75, 3.05) is 5.32 Å². The van der Waals surface area contributed by atoms with Crippen LogP contribution in [0.15, 0.2) is 11.0 Å². The van der Waals surface area contributed by atoms with E-state index in [1.165, 1.54) is 10.9 Å². The van der Waals surface area contributed by atoms with Gasteiger partial charge in [-0.3, -0.25) is 24.2 Å². The van der Waals surface area contributed by atoms with Crippen molar-refractivity contribution in [3.8, 4) is 0 Å². The molecule has 3 fully saturated rings. The van der Waals surface area contributed by atoms with Crippen molar-refractivity contribution in [3.05, 3.63) is 16.6 Å². The van der Waals surface area contributed by atoms with E-state index in [9.17, 15) is 14.4 Å². The third-order valence-corrected chi connectivity index (χ3v) is 4.06. The van der Waals surface area contributed by atoms with Crippen molar-refractivity contribution in [1.82, 2.24) is 9.78 Å². The van der Waals surface area contributed by atoms with Gasteiger partial charge in [-0.2, -0.15) is 0 Å². The number of carbonyl (C=O) groups excluding carboxylic acids is 1. The molecule has 3 aliphatic carbocycles. The highest BCUT2D eigenvalue weighted by Crippen LogP contribution is 2.73. The second kappa shape index (κ2) is 3.04. The average molecular weight is 251 g/mol. The summed E-state index contributed by atoms with van der Waals surface area (Å²) in [6.45, 7) is 0. The standard InChI is InChI=1S/C11H13N3O4/c1-14-2-6(7(15)13-14)12-8(16)10-3-11(4-10,5-10)9(17)18/h2H,3-5H2,1H3,(H,12,16)(H,13,15)(H,17,18). The molecule has 0 radical (unpaired) electrons. The second-order valence-corrected chi connectivity index (χ2v) is 5.44. The van der Waals surface area contributed by atoms with E-state index in [0.29, 0.717) is 19.3 Å². The lowest BCUT2D eigenvalue weighted by Gasteiger charge is -2.66. The number of aryl methyl sites for hydroxylation is 1. The topological polar surface area (TPSA) is 104 Å². The molecule has 1 aromatic rings. The Labute approximate surface area is 102 Å². The van der Waals surface area contributed by atoms with Crippen LogP contribution in [0.3, 0.4) is 0 Å². The fraction of sp³-hybridized carbons (Fsp3) is 0.545. The molecular weight excluding hydrogens is 238 g/mol. The Balaban J connectivity index is 1.71. The number of amides is 1. The Morgan fingerprint density at radius 1 is 1.39 bits per heavy atom. The summed E-state index contributed by atoms with van der Waals surface area (Å²) in [4.78, 5) is 34.4. The molecule has 2 bridgehead atoms. The monoisotopic (exact) mass is 251 g/mol. The zero-order valence-electron chi connectivity index (χ0n) is 9.82. The molecule has 1 aromatic heterocycles. The van der Waals surface area contributed by atoms with Gasteiger partial charge in [0.1, 0.15) is 5.69 Å². The van der Waals surface area contributed by atoms with Crippen molar-refractivity contribution < 1.29 is 14.7 Å². The van der Waals surface area contributed by atoms with Gasteiger partial charge in [-0.25, -0.2) is 0 Å². The number of aromatic amines is 1. The van der Waals surface area contributed by atoms with E-state index in [2.05, 4.69) is 10.4 Å². The Morgan fingerprint density at radius 2 is 2.00 bits per heavy atom. The molecule has 3 saturated carbocycles. The summed E-state index contributed by atoms with van der Waals surface area (Å²) in [6.07, 6.45) is 2.64. The predicted molar refractivity (Wildman–Crippen MR) is 61.0 cm³/mol. The normalized spacial score (nSPS) is 32.3. The minimum atomic E-state index is -0.824. The van der Waals surface area contributed by atoms with Gasteiger partial charge >= 0.3 is 5.97 Å². The van der Waals surface area contributed by atoms with Crippen LogP contribution in [0, 0.1) is 10.8 Å². The van der Waals surface area contributed by atoms with Crippen LogP contribution in [0.2, 0.25) is 0 Å². The van der Waals surface area contributed by atoms with Gasteiger partial charge in [-0.05, 0) is 19.3 Å². The summed E-state index contributed by atoms with van der Waals surface area (Å²) in [7, 11) is 1.65. The third kappa shape index (κ3) is 1.21. The van der Waals surface area contributed by atoms with Crippen LogP contribution >= 0.6 is 0 Å². The smallest absolute Gasteiger partial charge is 0.309 e. The van der Waals surface area contributed by atoms with E-state index in [1.807, 2.05) is 0 Å². The molecule has 0 unspecified atom stereocenters. The van der Waals surface area contributed by atoms with Gasteiger partial charge in [0.15, 0.2) is 0 Å². The maximum absolute atomic E-state index is 12.0. The maximum atomic E-state index is 12.0. The Bertz CT molecular complexity index is 592. The largest absolute Gasteiger partial charge is 0.481 e. The molecule has 3 N–H and O–H groups in total. The molecule has 0 spiro atoms. The molecular formula is C11H13N3O4. The van der Waals surface area contributed by atoms with Crippen molar-refractivity contribution in [3.63, 3.8) is 0 Å². The SMILES string of the molecule is Cn1cc(NC(=O)C23CC(C(=O)O)(C2)C3)c(=O)[nH]1. The van der Waals surface area contributed by atoms with E-state index in [1.54, 1.807) is 7.05 Å². The fourth-order valence-corrected chi connectivity index (χ4v) is 3.10. The highest BCUT2D eigenvalue weighted by molar-refractivity contribution is 6.00. The quantitative estimate of drug-likeness (QED) is 0.698. The number of carboxylic acids is 1. The Hall–Kier alpha value is -2.05. The number of nitrogens with zero attached hydrogens (tertiary/aromatic N) is 1. The van der Waals surface area contributed by atoms with E-state index in [0.717, 1.165) is 0 Å². The lowest BCUT2D eigenvalue weighted by Crippen LogP contribution is -2.69. The first-order valence-electron chi connectivity index (χ1n) is 5.67. The van der Waals surface area contributed by atoms with Crippen molar-refractivity contribution in [1.29, 1.82) is 0 Å². The number of anilines is 1. The van der Waals surface area contributed by atoms with Gasteiger partial charge in [0.05, 0.1) is 17.0 Å². The van der Waals surface area contributed by atoms with Gasteiger partial charge in [0.25, 0.3) is 5.56 Å². The number of hydrogen-bond acceptors (Lipinski definition) is 3. The molecule has 0 saturated heterocycles. The number of carbonyl (C=O) groups is 2. The third-order valence-electron chi connectivity index (χ3n) is 4.06. The van der Waals surface area contributed by atoms with Crippen LogP contribution in [0.1, 0.15) is 19.3 Å². The summed E-state index contributed by atoms with van der Waals surface area (Å²) >= 11 is 0. The molecule has 18 heavy (non-hydrogen) atoms. The van der Waals surface area contributed by atoms with E-state index < -0.39 is 16.8 Å². The molecule has 0 atom stereocenters. The Morgan fingerprint density at radius 3 is 2.44 bits per heavy atom. The average Bonchev–Trinajstić information content (AvgIpc) is 2.39. The van der Waals surface area contributed by atoms with E-state index in [-0.39, 0.29) is 17.2 Å². The molecule has 7 nitrogen and oxygen atoms in total. The van der Waals surface area contributed by atoms with Crippen LogP contribution in [0.25, 0.3) is 0 Å². The number of aromatic nitrogens is 2. The molecule has 7 heteroatoms. The highest BCUT2D eigenvalue weighted by atomic mass is 16.4. The highest BCUT2D eigenvalue weighted by Gasteiger charge is 2.75. The van der Waals surface area contributed by atoms with Crippen molar-refractivity contribution in [2.45, 2.75) is 19.3 Å². The lowest BCUT2D eigenvalue weighted by atomic mass is 9.35. The van der Waals surface area contributed by atoms with Gasteiger partial charge in [-0.15, -0.1) is 0 Å². The van der Waals surface area contributed by atoms with Crippen molar-refractivity contribution >= 4 is 17.6 Å². The summed E-state index contributed by atoms with van der Waals surface area (Å²) in [5.74, 6) is -1.07. The maximum Gasteiger partial charge on any atom is 0.309 e. The first kappa shape index (κ1) is 11.1. The molecule has 0 aromatic carbocycles. The molecule has 1 amide bonds. The van der Waals surface area contributed by atoms with Gasteiger partial charge in [0, 0.05) is 7.05 Å². The Kier molecular flexibility index (Phi) is 1.87. The first-order chi connectivity index (χ1) is 8.37. The van der Waals surface area contributed by atoms with Crippen LogP contribution in [0.4, 0.5) is 5.69 Å². The number of rotatable bonds is 3. The summed E-state index contributed by atoms with van der Waals surface area (Å²) in [5, 5.41) is 14.0. The predicted octanol–water partition coefficient (Wildman–Crippen LogP) is -0.0932. The minimum Gasteiger partial charge on any atom is -0.481 e. The number of carboxylic acid groups (broad SMARTS) is 1. The van der Waals surface area contributed by atoms with Gasteiger partial charge < -0.3 is 10.4 Å². The summed E-state index contributed by atoms with van der Waals surface area (Å²) in [6, 6.07) is 0. The first-order valence-corrected chi connectivity index (χ1v) is 5.67. The second-order valence-electron chi connectivity index (χ2n) is 5.44. The molecule has 1 heterocycles. The van der Waals surface area contributed by atoms with Crippen molar-refractivity contribution in [2.24, 2.45) is 17.9 Å².